The summed E-state index contributed by atoms with van der Waals surface area (Å²) in [6, 6.07) is 5.13. The lowest BCUT2D eigenvalue weighted by atomic mass is 10.1. The number of hydrogen-bond donors (Lipinski definition) is 1. The first-order chi connectivity index (χ1) is 8.97. The SMILES string of the molecule is CCCC(NC)C(CC)S(=O)(=O)c1cccc(F)c1. The summed E-state index contributed by atoms with van der Waals surface area (Å²) in [7, 11) is -1.74. The molecule has 0 aliphatic carbocycles. The topological polar surface area (TPSA) is 46.2 Å². The molecule has 5 heteroatoms. The maximum atomic E-state index is 13.2. The third-order valence-corrected chi connectivity index (χ3v) is 5.71. The summed E-state index contributed by atoms with van der Waals surface area (Å²) >= 11 is 0. The van der Waals surface area contributed by atoms with Crippen LogP contribution in [0.15, 0.2) is 29.2 Å². The first-order valence-electron chi connectivity index (χ1n) is 6.64. The van der Waals surface area contributed by atoms with Gasteiger partial charge >= 0.3 is 0 Å². The Bertz CT molecular complexity index is 502. The van der Waals surface area contributed by atoms with Gasteiger partial charge in [-0.3, -0.25) is 0 Å². The second kappa shape index (κ2) is 7.01. The van der Waals surface area contributed by atoms with E-state index in [0.29, 0.717) is 6.42 Å². The number of rotatable bonds is 7. The van der Waals surface area contributed by atoms with Crippen LogP contribution in [0, 0.1) is 5.82 Å². The molecule has 0 fully saturated rings. The molecule has 0 saturated heterocycles. The molecule has 1 N–H and O–H groups in total. The van der Waals surface area contributed by atoms with Crippen molar-refractivity contribution in [2.45, 2.75) is 49.3 Å². The fourth-order valence-electron chi connectivity index (χ4n) is 2.37. The van der Waals surface area contributed by atoms with Crippen molar-refractivity contribution < 1.29 is 12.8 Å². The molecule has 108 valence electrons. The zero-order chi connectivity index (χ0) is 14.5. The summed E-state index contributed by atoms with van der Waals surface area (Å²) in [4.78, 5) is 0.0655. The smallest absolute Gasteiger partial charge is 0.182 e. The second-order valence-corrected chi connectivity index (χ2v) is 6.80. The van der Waals surface area contributed by atoms with E-state index in [4.69, 9.17) is 0 Å². The van der Waals surface area contributed by atoms with Crippen LogP contribution in [0.3, 0.4) is 0 Å². The summed E-state index contributed by atoms with van der Waals surface area (Å²) in [6.07, 6.45) is 2.19. The molecule has 1 aromatic rings. The molecular formula is C14H22FNO2S. The lowest BCUT2D eigenvalue weighted by molar-refractivity contribution is 0.464. The van der Waals surface area contributed by atoms with Crippen molar-refractivity contribution in [3.8, 4) is 0 Å². The van der Waals surface area contributed by atoms with Crippen LogP contribution in [0.1, 0.15) is 33.1 Å². The molecule has 0 aliphatic rings. The minimum absolute atomic E-state index is 0.0655. The quantitative estimate of drug-likeness (QED) is 0.839. The Morgan fingerprint density at radius 1 is 1.32 bits per heavy atom. The van der Waals surface area contributed by atoms with Gasteiger partial charge in [-0.05, 0) is 38.1 Å². The van der Waals surface area contributed by atoms with Crippen molar-refractivity contribution in [3.63, 3.8) is 0 Å². The van der Waals surface area contributed by atoms with E-state index in [0.717, 1.165) is 18.9 Å². The molecule has 3 nitrogen and oxygen atoms in total. The molecule has 2 atom stereocenters. The summed E-state index contributed by atoms with van der Waals surface area (Å²) in [5.74, 6) is -0.521. The number of hydrogen-bond acceptors (Lipinski definition) is 3. The molecule has 1 rings (SSSR count). The van der Waals surface area contributed by atoms with Gasteiger partial charge in [-0.1, -0.05) is 26.3 Å². The van der Waals surface area contributed by atoms with E-state index in [1.54, 1.807) is 7.05 Å². The fourth-order valence-corrected chi connectivity index (χ4v) is 4.40. The van der Waals surface area contributed by atoms with E-state index in [-0.39, 0.29) is 10.9 Å². The number of halogens is 1. The van der Waals surface area contributed by atoms with Crippen LogP contribution in [-0.2, 0) is 9.84 Å². The van der Waals surface area contributed by atoms with Crippen molar-refractivity contribution in [2.75, 3.05) is 7.05 Å². The number of nitrogens with one attached hydrogen (secondary N) is 1. The van der Waals surface area contributed by atoms with Crippen LogP contribution in [0.5, 0.6) is 0 Å². The van der Waals surface area contributed by atoms with Crippen LogP contribution in [0.2, 0.25) is 0 Å². The fraction of sp³-hybridized carbons (Fsp3) is 0.571. The zero-order valence-corrected chi connectivity index (χ0v) is 12.5. The molecule has 0 amide bonds. The van der Waals surface area contributed by atoms with Crippen LogP contribution in [0.25, 0.3) is 0 Å². The van der Waals surface area contributed by atoms with Gasteiger partial charge in [-0.25, -0.2) is 12.8 Å². The van der Waals surface area contributed by atoms with Gasteiger partial charge in [-0.15, -0.1) is 0 Å². The molecule has 19 heavy (non-hydrogen) atoms. The highest BCUT2D eigenvalue weighted by Crippen LogP contribution is 2.23. The van der Waals surface area contributed by atoms with E-state index < -0.39 is 20.9 Å². The van der Waals surface area contributed by atoms with Crippen molar-refractivity contribution in [1.82, 2.24) is 5.32 Å². The monoisotopic (exact) mass is 287 g/mol. The molecule has 0 aliphatic heterocycles. The molecule has 0 bridgehead atoms. The van der Waals surface area contributed by atoms with E-state index in [2.05, 4.69) is 5.32 Å². The van der Waals surface area contributed by atoms with Gasteiger partial charge in [0.1, 0.15) is 5.82 Å². The standard InChI is InChI=1S/C14H22FNO2S/c1-4-7-13(16-3)14(5-2)19(17,18)12-9-6-8-11(15)10-12/h6,8-10,13-14,16H,4-5,7H2,1-3H3. The van der Waals surface area contributed by atoms with Crippen molar-refractivity contribution in [2.24, 2.45) is 0 Å². The molecule has 0 aromatic heterocycles. The van der Waals surface area contributed by atoms with Gasteiger partial charge in [0.25, 0.3) is 0 Å². The second-order valence-electron chi connectivity index (χ2n) is 4.63. The maximum Gasteiger partial charge on any atom is 0.182 e. The highest BCUT2D eigenvalue weighted by atomic mass is 32.2. The normalized spacial score (nSPS) is 15.2. The third kappa shape index (κ3) is 3.76. The van der Waals surface area contributed by atoms with E-state index in [9.17, 15) is 12.8 Å². The molecule has 1 aromatic carbocycles. The van der Waals surface area contributed by atoms with E-state index >= 15 is 0 Å². The van der Waals surface area contributed by atoms with Gasteiger partial charge in [-0.2, -0.15) is 0 Å². The predicted molar refractivity (Wildman–Crippen MR) is 75.4 cm³/mol. The average molecular weight is 287 g/mol. The Hall–Kier alpha value is -0.940. The van der Waals surface area contributed by atoms with Gasteiger partial charge in [0.15, 0.2) is 9.84 Å². The summed E-state index contributed by atoms with van der Waals surface area (Å²) in [6.45, 7) is 3.87. The Kier molecular flexibility index (Phi) is 5.94. The first-order valence-corrected chi connectivity index (χ1v) is 8.18. The minimum Gasteiger partial charge on any atom is -0.316 e. The zero-order valence-electron chi connectivity index (χ0n) is 11.7. The van der Waals surface area contributed by atoms with Gasteiger partial charge in [0.2, 0.25) is 0 Å². The van der Waals surface area contributed by atoms with Crippen molar-refractivity contribution >= 4 is 9.84 Å². The first kappa shape index (κ1) is 16.1. The lowest BCUT2D eigenvalue weighted by Gasteiger charge is -2.25. The van der Waals surface area contributed by atoms with Crippen molar-refractivity contribution in [1.29, 1.82) is 0 Å². The highest BCUT2D eigenvalue weighted by molar-refractivity contribution is 7.92. The summed E-state index contributed by atoms with van der Waals surface area (Å²) in [5.41, 5.74) is 0. The minimum atomic E-state index is -3.51. The third-order valence-electron chi connectivity index (χ3n) is 3.34. The van der Waals surface area contributed by atoms with Crippen LogP contribution in [-0.4, -0.2) is 26.8 Å². The molecular weight excluding hydrogens is 265 g/mol. The summed E-state index contributed by atoms with van der Waals surface area (Å²) < 4.78 is 38.4. The number of benzene rings is 1. The highest BCUT2D eigenvalue weighted by Gasteiger charge is 2.32. The maximum absolute atomic E-state index is 13.2. The Morgan fingerprint density at radius 3 is 2.47 bits per heavy atom. The van der Waals surface area contributed by atoms with Crippen LogP contribution < -0.4 is 5.32 Å². The molecule has 0 spiro atoms. The molecule has 0 saturated carbocycles. The Morgan fingerprint density at radius 2 is 2.00 bits per heavy atom. The molecule has 2 unspecified atom stereocenters. The molecule has 0 heterocycles. The van der Waals surface area contributed by atoms with E-state index in [1.165, 1.54) is 18.2 Å². The summed E-state index contributed by atoms with van der Waals surface area (Å²) in [5, 5.41) is 2.54. The van der Waals surface area contributed by atoms with Crippen LogP contribution in [0.4, 0.5) is 4.39 Å². The lowest BCUT2D eigenvalue weighted by Crippen LogP contribution is -2.42. The van der Waals surface area contributed by atoms with E-state index in [1.807, 2.05) is 13.8 Å². The average Bonchev–Trinajstić information content (AvgIpc) is 2.38. The van der Waals surface area contributed by atoms with Crippen LogP contribution >= 0.6 is 0 Å². The Labute approximate surface area is 115 Å². The van der Waals surface area contributed by atoms with Gasteiger partial charge in [0.05, 0.1) is 10.1 Å². The molecule has 0 radical (unpaired) electrons. The van der Waals surface area contributed by atoms with Gasteiger partial charge < -0.3 is 5.32 Å². The number of sulfone groups is 1. The largest absolute Gasteiger partial charge is 0.316 e. The van der Waals surface area contributed by atoms with Crippen molar-refractivity contribution in [3.05, 3.63) is 30.1 Å². The van der Waals surface area contributed by atoms with Gasteiger partial charge in [0, 0.05) is 6.04 Å². The predicted octanol–water partition coefficient (Wildman–Crippen LogP) is 2.77. The Balaban J connectivity index is 3.14.